The monoisotopic (exact) mass is 706 g/mol. The Bertz CT molecular complexity index is 2110. The Labute approximate surface area is 299 Å². The van der Waals surface area contributed by atoms with Crippen LogP contribution in [0.1, 0.15) is 52.4 Å². The number of halogens is 1. The largest absolute Gasteiger partial charge is 0.478 e. The van der Waals surface area contributed by atoms with Gasteiger partial charge in [-0.05, 0) is 74.2 Å². The molecule has 1 saturated carbocycles. The summed E-state index contributed by atoms with van der Waals surface area (Å²) < 4.78 is 22.8. The van der Waals surface area contributed by atoms with E-state index in [2.05, 4.69) is 19.8 Å². The van der Waals surface area contributed by atoms with Gasteiger partial charge >= 0.3 is 11.9 Å². The number of benzene rings is 3. The van der Waals surface area contributed by atoms with Crippen LogP contribution in [0.3, 0.4) is 0 Å². The van der Waals surface area contributed by atoms with Gasteiger partial charge in [-0.25, -0.2) is 28.6 Å². The van der Waals surface area contributed by atoms with Crippen LogP contribution < -0.4 is 15.4 Å². The fourth-order valence-corrected chi connectivity index (χ4v) is 7.93. The number of aromatic nitrogens is 4. The van der Waals surface area contributed by atoms with E-state index >= 15 is 0 Å². The number of para-hydroxylation sites is 1. The standard InChI is InChI=1S/C38H39FN8O5/c39-31-18-29(37(48)49)30(38(50)51)19-32(31)46-20-26(21-46)45-16-14-44(15-17-45)24-8-10-25(11-9-24)47-36-33(35(40)41-22-42-36)34(43-47)23-6-12-28(13-7-23)52-27-4-2-1-3-5-27/h1-7,12-13,18-19,22,24-26H,8-11,14-17,20-21H2,(H,48,49)(H,50,51)(H2,40,41,42)/t24-,25-. The summed E-state index contributed by atoms with van der Waals surface area (Å²) in [5.41, 5.74) is 8.01. The maximum absolute atomic E-state index is 14.8. The van der Waals surface area contributed by atoms with E-state index in [1.54, 1.807) is 4.90 Å². The molecular formula is C38H39FN8O5. The third-order valence-corrected chi connectivity index (χ3v) is 10.8. The molecule has 4 heterocycles. The molecule has 8 rings (SSSR count). The van der Waals surface area contributed by atoms with E-state index in [-0.39, 0.29) is 17.8 Å². The van der Waals surface area contributed by atoms with Crippen molar-refractivity contribution in [2.45, 2.75) is 43.8 Å². The van der Waals surface area contributed by atoms with Crippen molar-refractivity contribution in [1.82, 2.24) is 29.5 Å². The van der Waals surface area contributed by atoms with Gasteiger partial charge in [0.2, 0.25) is 0 Å². The van der Waals surface area contributed by atoms with Gasteiger partial charge in [-0.15, -0.1) is 0 Å². The SMILES string of the molecule is Nc1ncnc2c1c(-c1ccc(Oc3ccccc3)cc1)nn2[C@H]1CC[C@H](N2CCN(C3CN(c4cc(C(=O)O)c(C(=O)O)cc4F)C3)CC2)CC1. The Kier molecular flexibility index (Phi) is 8.93. The number of nitrogen functional groups attached to an aromatic ring is 1. The smallest absolute Gasteiger partial charge is 0.336 e. The molecule has 2 saturated heterocycles. The van der Waals surface area contributed by atoms with Gasteiger partial charge in [0.15, 0.2) is 5.65 Å². The molecule has 3 fully saturated rings. The minimum absolute atomic E-state index is 0.131. The first kappa shape index (κ1) is 33.5. The maximum Gasteiger partial charge on any atom is 0.336 e. The number of fused-ring (bicyclic) bond motifs is 1. The second-order valence-corrected chi connectivity index (χ2v) is 13.7. The molecule has 0 atom stereocenters. The van der Waals surface area contributed by atoms with Gasteiger partial charge in [-0.3, -0.25) is 9.80 Å². The second-order valence-electron chi connectivity index (χ2n) is 13.7. The number of ether oxygens (including phenoxy) is 1. The number of hydrogen-bond donors (Lipinski definition) is 3. The maximum atomic E-state index is 14.8. The highest BCUT2D eigenvalue weighted by Crippen LogP contribution is 2.38. The Morgan fingerprint density at radius 2 is 1.37 bits per heavy atom. The molecule has 2 aromatic heterocycles. The van der Waals surface area contributed by atoms with Crippen molar-refractivity contribution in [3.05, 3.63) is 90.0 Å². The van der Waals surface area contributed by atoms with E-state index in [0.29, 0.717) is 24.9 Å². The number of nitrogens with two attached hydrogens (primary N) is 1. The van der Waals surface area contributed by atoms with Crippen molar-refractivity contribution < 1.29 is 28.9 Å². The highest BCUT2D eigenvalue weighted by molar-refractivity contribution is 6.02. The molecule has 0 bridgehead atoms. The number of rotatable bonds is 9. The zero-order valence-electron chi connectivity index (χ0n) is 28.4. The van der Waals surface area contributed by atoms with E-state index < -0.39 is 28.9 Å². The zero-order valence-corrected chi connectivity index (χ0v) is 28.4. The molecule has 3 aliphatic rings. The van der Waals surface area contributed by atoms with E-state index in [1.165, 1.54) is 6.33 Å². The molecular weight excluding hydrogens is 667 g/mol. The summed E-state index contributed by atoms with van der Waals surface area (Å²) in [5, 5.41) is 24.6. The summed E-state index contributed by atoms with van der Waals surface area (Å²) in [7, 11) is 0. The van der Waals surface area contributed by atoms with Gasteiger partial charge in [-0.1, -0.05) is 18.2 Å². The van der Waals surface area contributed by atoms with E-state index in [4.69, 9.17) is 15.6 Å². The van der Waals surface area contributed by atoms with Crippen LogP contribution in [0.25, 0.3) is 22.3 Å². The number of anilines is 2. The quantitative estimate of drug-likeness (QED) is 0.179. The number of carboxylic acid groups (broad SMARTS) is 2. The average Bonchev–Trinajstić information content (AvgIpc) is 3.53. The van der Waals surface area contributed by atoms with Crippen LogP contribution in [0, 0.1) is 5.82 Å². The van der Waals surface area contributed by atoms with Crippen LogP contribution in [0.15, 0.2) is 73.1 Å². The van der Waals surface area contributed by atoms with Crippen molar-refractivity contribution in [3.63, 3.8) is 0 Å². The Balaban J connectivity index is 0.875. The lowest BCUT2D eigenvalue weighted by atomic mass is 9.89. The molecule has 13 nitrogen and oxygen atoms in total. The predicted octanol–water partition coefficient (Wildman–Crippen LogP) is 5.39. The molecule has 52 heavy (non-hydrogen) atoms. The van der Waals surface area contributed by atoms with Crippen LogP contribution in [-0.4, -0.2) is 103 Å². The van der Waals surface area contributed by atoms with Crippen LogP contribution in [0.2, 0.25) is 0 Å². The van der Waals surface area contributed by atoms with Crippen LogP contribution in [0.5, 0.6) is 11.5 Å². The first-order valence-corrected chi connectivity index (χ1v) is 17.6. The lowest BCUT2D eigenvalue weighted by Gasteiger charge is -2.50. The average molecular weight is 707 g/mol. The number of carboxylic acids is 2. The van der Waals surface area contributed by atoms with Gasteiger partial charge in [0, 0.05) is 56.9 Å². The molecule has 3 aromatic carbocycles. The number of piperazine rings is 1. The number of aromatic carboxylic acids is 2. The highest BCUT2D eigenvalue weighted by atomic mass is 19.1. The van der Waals surface area contributed by atoms with E-state index in [9.17, 15) is 24.2 Å². The Morgan fingerprint density at radius 1 is 0.769 bits per heavy atom. The van der Waals surface area contributed by atoms with Gasteiger partial charge in [-0.2, -0.15) is 5.10 Å². The van der Waals surface area contributed by atoms with Crippen LogP contribution in [0.4, 0.5) is 15.9 Å². The Morgan fingerprint density at radius 3 is 2.02 bits per heavy atom. The number of carbonyl (C=O) groups is 2. The molecule has 0 unspecified atom stereocenters. The fraction of sp³-hybridized carbons (Fsp3) is 0.342. The number of hydrogen-bond acceptors (Lipinski definition) is 10. The number of nitrogens with zero attached hydrogens (tertiary/aromatic N) is 7. The van der Waals surface area contributed by atoms with E-state index in [1.807, 2.05) is 59.3 Å². The molecule has 4 N–H and O–H groups in total. The van der Waals surface area contributed by atoms with Gasteiger partial charge in [0.1, 0.15) is 35.2 Å². The van der Waals surface area contributed by atoms with Crippen molar-refractivity contribution in [2.24, 2.45) is 0 Å². The molecule has 2 aliphatic heterocycles. The first-order chi connectivity index (χ1) is 25.2. The molecule has 0 radical (unpaired) electrons. The summed E-state index contributed by atoms with van der Waals surface area (Å²) in [5.74, 6) is -1.67. The summed E-state index contributed by atoms with van der Waals surface area (Å²) in [4.78, 5) is 38.7. The summed E-state index contributed by atoms with van der Waals surface area (Å²) in [6, 6.07) is 20.3. The highest BCUT2D eigenvalue weighted by Gasteiger charge is 2.37. The lowest BCUT2D eigenvalue weighted by molar-refractivity contribution is 0.0437. The van der Waals surface area contributed by atoms with Crippen molar-refractivity contribution >= 4 is 34.5 Å². The lowest BCUT2D eigenvalue weighted by Crippen LogP contribution is -2.64. The molecule has 268 valence electrons. The van der Waals surface area contributed by atoms with Gasteiger partial charge in [0.25, 0.3) is 0 Å². The third-order valence-electron chi connectivity index (χ3n) is 10.8. The normalized spacial score (nSPS) is 20.1. The predicted molar refractivity (Wildman–Crippen MR) is 192 cm³/mol. The first-order valence-electron chi connectivity index (χ1n) is 17.6. The van der Waals surface area contributed by atoms with Crippen LogP contribution in [-0.2, 0) is 0 Å². The minimum atomic E-state index is -1.47. The van der Waals surface area contributed by atoms with E-state index in [0.717, 1.165) is 97.8 Å². The molecule has 1 aliphatic carbocycles. The van der Waals surface area contributed by atoms with Gasteiger partial charge < -0.3 is 25.6 Å². The molecule has 0 spiro atoms. The third kappa shape index (κ3) is 6.39. The second kappa shape index (κ2) is 13.8. The fourth-order valence-electron chi connectivity index (χ4n) is 7.93. The summed E-state index contributed by atoms with van der Waals surface area (Å²) >= 11 is 0. The minimum Gasteiger partial charge on any atom is -0.478 e. The van der Waals surface area contributed by atoms with Crippen molar-refractivity contribution in [2.75, 3.05) is 49.9 Å². The molecule has 14 heteroatoms. The summed E-state index contributed by atoms with van der Waals surface area (Å²) in [6.07, 6.45) is 5.53. The molecule has 5 aromatic rings. The Hall–Kier alpha value is -5.60. The molecule has 0 amide bonds. The zero-order chi connectivity index (χ0) is 35.9. The summed E-state index contributed by atoms with van der Waals surface area (Å²) in [6.45, 7) is 4.81. The van der Waals surface area contributed by atoms with Crippen LogP contribution >= 0.6 is 0 Å². The van der Waals surface area contributed by atoms with Gasteiger partial charge in [0.05, 0.1) is 28.2 Å². The van der Waals surface area contributed by atoms with Crippen molar-refractivity contribution in [1.29, 1.82) is 0 Å². The van der Waals surface area contributed by atoms with Crippen molar-refractivity contribution in [3.8, 4) is 22.8 Å². The topological polar surface area (TPSA) is 163 Å².